The van der Waals surface area contributed by atoms with Crippen LogP contribution in [-0.2, 0) is 4.74 Å². The Morgan fingerprint density at radius 3 is 2.67 bits per heavy atom. The van der Waals surface area contributed by atoms with Crippen molar-refractivity contribution in [3.05, 3.63) is 0 Å². The second kappa shape index (κ2) is 5.41. The SMILES string of the molecule is CC1CCC2(CC1)CSC(=NC1CCOCC1)N2. The van der Waals surface area contributed by atoms with Gasteiger partial charge in [-0.1, -0.05) is 18.7 Å². The van der Waals surface area contributed by atoms with Crippen LogP contribution in [-0.4, -0.2) is 35.7 Å². The minimum Gasteiger partial charge on any atom is -0.381 e. The van der Waals surface area contributed by atoms with E-state index in [2.05, 4.69) is 12.2 Å². The third-order valence-corrected chi connectivity index (χ3v) is 5.76. The van der Waals surface area contributed by atoms with E-state index in [0.717, 1.165) is 32.0 Å². The van der Waals surface area contributed by atoms with Crippen LogP contribution in [0, 0.1) is 5.92 Å². The number of nitrogens with zero attached hydrogens (tertiary/aromatic N) is 1. The Kier molecular flexibility index (Phi) is 3.85. The Balaban J connectivity index is 1.58. The molecular weight excluding hydrogens is 244 g/mol. The predicted octanol–water partition coefficient (Wildman–Crippen LogP) is 2.81. The van der Waals surface area contributed by atoms with Crippen molar-refractivity contribution in [2.75, 3.05) is 19.0 Å². The van der Waals surface area contributed by atoms with E-state index in [1.165, 1.54) is 36.6 Å². The minimum atomic E-state index is 0.376. The van der Waals surface area contributed by atoms with Gasteiger partial charge in [0.1, 0.15) is 0 Å². The maximum absolute atomic E-state index is 5.39. The zero-order valence-electron chi connectivity index (χ0n) is 11.3. The van der Waals surface area contributed by atoms with Crippen molar-refractivity contribution in [1.82, 2.24) is 5.32 Å². The standard InChI is InChI=1S/C14H24N2OS/c1-11-2-6-14(7-3-11)10-18-13(16-14)15-12-4-8-17-9-5-12/h11-12H,2-10H2,1H3,(H,15,16). The van der Waals surface area contributed by atoms with Crippen LogP contribution in [0.15, 0.2) is 4.99 Å². The molecule has 1 spiro atoms. The van der Waals surface area contributed by atoms with E-state index in [9.17, 15) is 0 Å². The second-order valence-corrected chi connectivity index (χ2v) is 7.12. The molecule has 0 unspecified atom stereocenters. The summed E-state index contributed by atoms with van der Waals surface area (Å²) in [6, 6.07) is 0.492. The van der Waals surface area contributed by atoms with Crippen LogP contribution in [0.4, 0.5) is 0 Å². The van der Waals surface area contributed by atoms with Crippen molar-refractivity contribution < 1.29 is 4.74 Å². The minimum absolute atomic E-state index is 0.376. The van der Waals surface area contributed by atoms with Crippen LogP contribution in [0.1, 0.15) is 45.4 Å². The van der Waals surface area contributed by atoms with Crippen LogP contribution in [0.5, 0.6) is 0 Å². The van der Waals surface area contributed by atoms with Gasteiger partial charge in [0, 0.05) is 24.5 Å². The van der Waals surface area contributed by atoms with E-state index in [0.29, 0.717) is 11.6 Å². The van der Waals surface area contributed by atoms with Crippen molar-refractivity contribution in [3.63, 3.8) is 0 Å². The maximum Gasteiger partial charge on any atom is 0.157 e. The third kappa shape index (κ3) is 2.85. The van der Waals surface area contributed by atoms with Crippen LogP contribution >= 0.6 is 11.8 Å². The lowest BCUT2D eigenvalue weighted by molar-refractivity contribution is 0.0871. The van der Waals surface area contributed by atoms with Gasteiger partial charge < -0.3 is 10.1 Å². The number of ether oxygens (including phenoxy) is 1. The van der Waals surface area contributed by atoms with E-state index in [-0.39, 0.29) is 0 Å². The highest BCUT2D eigenvalue weighted by Crippen LogP contribution is 2.38. The summed E-state index contributed by atoms with van der Waals surface area (Å²) in [4.78, 5) is 4.89. The zero-order chi connectivity index (χ0) is 12.4. The predicted molar refractivity (Wildman–Crippen MR) is 77.2 cm³/mol. The van der Waals surface area contributed by atoms with Gasteiger partial charge in [0.2, 0.25) is 0 Å². The highest BCUT2D eigenvalue weighted by Gasteiger charge is 2.39. The van der Waals surface area contributed by atoms with E-state index in [4.69, 9.17) is 9.73 Å². The normalized spacial score (nSPS) is 40.3. The summed E-state index contributed by atoms with van der Waals surface area (Å²) < 4.78 is 5.39. The molecule has 18 heavy (non-hydrogen) atoms. The van der Waals surface area contributed by atoms with Gasteiger partial charge in [-0.3, -0.25) is 4.99 Å². The summed E-state index contributed by atoms with van der Waals surface area (Å²) in [5, 5.41) is 4.95. The molecule has 3 nitrogen and oxygen atoms in total. The first-order valence-corrected chi connectivity index (χ1v) is 8.31. The summed E-state index contributed by atoms with van der Waals surface area (Å²) in [5.74, 6) is 2.14. The molecule has 0 aromatic heterocycles. The Morgan fingerprint density at radius 1 is 1.22 bits per heavy atom. The molecule has 1 aliphatic carbocycles. The fraction of sp³-hybridized carbons (Fsp3) is 0.929. The van der Waals surface area contributed by atoms with Crippen molar-refractivity contribution >= 4 is 16.9 Å². The summed E-state index contributed by atoms with van der Waals surface area (Å²) in [7, 11) is 0. The van der Waals surface area contributed by atoms with Crippen LogP contribution in [0.2, 0.25) is 0 Å². The molecule has 2 aliphatic heterocycles. The Bertz CT molecular complexity index is 318. The molecule has 3 aliphatic rings. The fourth-order valence-electron chi connectivity index (χ4n) is 3.14. The van der Waals surface area contributed by atoms with Gasteiger partial charge >= 0.3 is 0 Å². The smallest absolute Gasteiger partial charge is 0.157 e. The molecular formula is C14H24N2OS. The topological polar surface area (TPSA) is 33.6 Å². The average Bonchev–Trinajstić information content (AvgIpc) is 2.78. The molecule has 3 fully saturated rings. The lowest BCUT2D eigenvalue weighted by atomic mass is 9.78. The van der Waals surface area contributed by atoms with Gasteiger partial charge in [-0.25, -0.2) is 0 Å². The summed E-state index contributed by atoms with van der Waals surface area (Å²) in [5.41, 5.74) is 0.376. The third-order valence-electron chi connectivity index (χ3n) is 4.58. The number of nitrogens with one attached hydrogen (secondary N) is 1. The summed E-state index contributed by atoms with van der Waals surface area (Å²) in [6.07, 6.45) is 7.59. The number of hydrogen-bond acceptors (Lipinski definition) is 3. The van der Waals surface area contributed by atoms with Gasteiger partial charge in [0.15, 0.2) is 5.17 Å². The molecule has 0 aromatic rings. The lowest BCUT2D eigenvalue weighted by Crippen LogP contribution is -2.46. The van der Waals surface area contributed by atoms with Gasteiger partial charge in [0.25, 0.3) is 0 Å². The van der Waals surface area contributed by atoms with Gasteiger partial charge in [-0.15, -0.1) is 0 Å². The second-order valence-electron chi connectivity index (χ2n) is 6.15. The van der Waals surface area contributed by atoms with Crippen LogP contribution < -0.4 is 5.32 Å². The first-order chi connectivity index (χ1) is 8.76. The van der Waals surface area contributed by atoms with Crippen molar-refractivity contribution in [2.45, 2.75) is 57.0 Å². The number of rotatable bonds is 1. The van der Waals surface area contributed by atoms with Crippen molar-refractivity contribution in [3.8, 4) is 0 Å². The van der Waals surface area contributed by atoms with Crippen LogP contribution in [0.3, 0.4) is 0 Å². The molecule has 1 saturated carbocycles. The van der Waals surface area contributed by atoms with Gasteiger partial charge in [-0.05, 0) is 44.4 Å². The maximum atomic E-state index is 5.39. The van der Waals surface area contributed by atoms with Crippen LogP contribution in [0.25, 0.3) is 0 Å². The first-order valence-electron chi connectivity index (χ1n) is 7.32. The summed E-state index contributed by atoms with van der Waals surface area (Å²) in [6.45, 7) is 4.15. The summed E-state index contributed by atoms with van der Waals surface area (Å²) >= 11 is 1.94. The average molecular weight is 268 g/mol. The molecule has 0 bridgehead atoms. The highest BCUT2D eigenvalue weighted by atomic mass is 32.2. The molecule has 3 rings (SSSR count). The Hall–Kier alpha value is -0.220. The molecule has 4 heteroatoms. The largest absolute Gasteiger partial charge is 0.381 e. The monoisotopic (exact) mass is 268 g/mol. The lowest BCUT2D eigenvalue weighted by Gasteiger charge is -2.35. The number of aliphatic imine (C=N–C) groups is 1. The number of hydrogen-bond donors (Lipinski definition) is 1. The van der Waals surface area contributed by atoms with Crippen molar-refractivity contribution in [1.29, 1.82) is 0 Å². The quantitative estimate of drug-likeness (QED) is 0.794. The van der Waals surface area contributed by atoms with E-state index in [1.54, 1.807) is 0 Å². The number of amidine groups is 1. The van der Waals surface area contributed by atoms with Crippen molar-refractivity contribution in [2.24, 2.45) is 10.9 Å². The molecule has 0 aromatic carbocycles. The van der Waals surface area contributed by atoms with Gasteiger partial charge in [0.05, 0.1) is 6.04 Å². The molecule has 0 atom stereocenters. The van der Waals surface area contributed by atoms with E-state index < -0.39 is 0 Å². The van der Waals surface area contributed by atoms with E-state index >= 15 is 0 Å². The Labute approximate surface area is 114 Å². The molecule has 2 heterocycles. The highest BCUT2D eigenvalue weighted by molar-refractivity contribution is 8.14. The molecule has 1 N–H and O–H groups in total. The molecule has 102 valence electrons. The molecule has 0 radical (unpaired) electrons. The number of thioether (sulfide) groups is 1. The zero-order valence-corrected chi connectivity index (χ0v) is 12.1. The molecule has 0 amide bonds. The fourth-order valence-corrected chi connectivity index (χ4v) is 4.43. The first kappa shape index (κ1) is 12.8. The molecule has 2 saturated heterocycles. The Morgan fingerprint density at radius 2 is 1.94 bits per heavy atom. The van der Waals surface area contributed by atoms with Gasteiger partial charge in [-0.2, -0.15) is 0 Å². The van der Waals surface area contributed by atoms with E-state index in [1.807, 2.05) is 11.8 Å².